The highest BCUT2D eigenvalue weighted by molar-refractivity contribution is 5.72. The minimum Gasteiger partial charge on any atom is -0.463 e. The third kappa shape index (κ3) is 6.24. The maximum absolute atomic E-state index is 12.1. The third-order valence-corrected chi connectivity index (χ3v) is 4.81. The van der Waals surface area contributed by atoms with E-state index in [-0.39, 0.29) is 36.8 Å². The average molecular weight is 360 g/mol. The number of aliphatic hydroxyl groups is 2. The van der Waals surface area contributed by atoms with E-state index in [9.17, 15) is 19.8 Å². The van der Waals surface area contributed by atoms with E-state index in [1.165, 1.54) is 0 Å². The molecular weight excluding hydrogens is 328 g/mol. The summed E-state index contributed by atoms with van der Waals surface area (Å²) in [5.41, 5.74) is 0. The number of hydrogen-bond donors (Lipinski definition) is 2. The van der Waals surface area contributed by atoms with Crippen LogP contribution in [0.15, 0.2) is 0 Å². The molecule has 0 aromatic heterocycles. The van der Waals surface area contributed by atoms with Gasteiger partial charge >= 0.3 is 11.9 Å². The summed E-state index contributed by atoms with van der Waals surface area (Å²) in [5, 5.41) is 20.0. The van der Waals surface area contributed by atoms with Crippen molar-refractivity contribution in [2.45, 2.75) is 84.4 Å². The molecule has 1 heterocycles. The molecule has 146 valence electrons. The van der Waals surface area contributed by atoms with Crippen LogP contribution >= 0.6 is 0 Å². The highest BCUT2D eigenvalue weighted by Gasteiger charge is 2.39. The van der Waals surface area contributed by atoms with Crippen LogP contribution in [0.25, 0.3) is 0 Å². The molecule has 1 saturated heterocycles. The lowest BCUT2D eigenvalue weighted by molar-refractivity contribution is -0.255. The Hall–Kier alpha value is -1.18. The molecule has 1 aliphatic rings. The molecule has 0 spiro atoms. The summed E-state index contributed by atoms with van der Waals surface area (Å²) in [6.45, 7) is 7.41. The number of esters is 2. The second-order valence-electron chi connectivity index (χ2n) is 6.49. The van der Waals surface area contributed by atoms with Crippen molar-refractivity contribution in [3.8, 4) is 0 Å². The number of carbonyl (C=O) groups is 2. The number of hydrogen-bond acceptors (Lipinski definition) is 7. The fraction of sp³-hybridized carbons (Fsp3) is 0.889. The van der Waals surface area contributed by atoms with Crippen LogP contribution in [0.4, 0.5) is 0 Å². The first-order chi connectivity index (χ1) is 11.9. The summed E-state index contributed by atoms with van der Waals surface area (Å²) in [7, 11) is 0. The van der Waals surface area contributed by atoms with Crippen molar-refractivity contribution in [1.82, 2.24) is 0 Å². The van der Waals surface area contributed by atoms with Crippen molar-refractivity contribution >= 4 is 11.9 Å². The van der Waals surface area contributed by atoms with Crippen LogP contribution in [0.5, 0.6) is 0 Å². The third-order valence-electron chi connectivity index (χ3n) is 4.81. The Kier molecular flexibility index (Phi) is 9.38. The van der Waals surface area contributed by atoms with Crippen molar-refractivity contribution in [3.63, 3.8) is 0 Å². The van der Waals surface area contributed by atoms with Gasteiger partial charge in [-0.1, -0.05) is 27.7 Å². The van der Waals surface area contributed by atoms with Gasteiger partial charge < -0.3 is 24.4 Å². The van der Waals surface area contributed by atoms with Crippen LogP contribution in [0.3, 0.4) is 0 Å². The summed E-state index contributed by atoms with van der Waals surface area (Å²) in [5.74, 6) is -1.16. The fourth-order valence-electron chi connectivity index (χ4n) is 2.88. The van der Waals surface area contributed by atoms with E-state index in [2.05, 4.69) is 0 Å². The monoisotopic (exact) mass is 360 g/mol. The van der Waals surface area contributed by atoms with Gasteiger partial charge in [-0.3, -0.25) is 9.59 Å². The molecule has 0 aromatic carbocycles. The standard InChI is InChI=1S/C18H32O7/c1-5-11(6-2)17(21)23-10-14-16(20)13(19)9-15(24-14)25-18(22)12(7-3)8-4/h11-16,19-20H,5-10H2,1-4H3/t13-,14-,15-,16+/m1/s1. The molecule has 1 fully saturated rings. The van der Waals surface area contributed by atoms with E-state index in [0.29, 0.717) is 25.7 Å². The van der Waals surface area contributed by atoms with Crippen LogP contribution in [0.1, 0.15) is 59.8 Å². The molecule has 0 unspecified atom stereocenters. The molecule has 25 heavy (non-hydrogen) atoms. The zero-order valence-corrected chi connectivity index (χ0v) is 15.6. The molecule has 2 N–H and O–H groups in total. The van der Waals surface area contributed by atoms with Crippen molar-refractivity contribution in [2.24, 2.45) is 11.8 Å². The van der Waals surface area contributed by atoms with Gasteiger partial charge in [-0.05, 0) is 25.7 Å². The fourth-order valence-corrected chi connectivity index (χ4v) is 2.88. The lowest BCUT2D eigenvalue weighted by Crippen LogP contribution is -2.51. The highest BCUT2D eigenvalue weighted by Crippen LogP contribution is 2.24. The summed E-state index contributed by atoms with van der Waals surface area (Å²) in [6, 6.07) is 0. The molecule has 1 rings (SSSR count). The Morgan fingerprint density at radius 1 is 1.00 bits per heavy atom. The minimum atomic E-state index is -1.20. The predicted molar refractivity (Wildman–Crippen MR) is 90.5 cm³/mol. The van der Waals surface area contributed by atoms with Crippen molar-refractivity contribution < 1.29 is 34.0 Å². The smallest absolute Gasteiger partial charge is 0.311 e. The van der Waals surface area contributed by atoms with Crippen molar-refractivity contribution in [3.05, 3.63) is 0 Å². The van der Waals surface area contributed by atoms with E-state index in [1.807, 2.05) is 27.7 Å². The molecule has 0 radical (unpaired) electrons. The highest BCUT2D eigenvalue weighted by atomic mass is 16.7. The van der Waals surface area contributed by atoms with E-state index >= 15 is 0 Å². The van der Waals surface area contributed by atoms with Gasteiger partial charge in [-0.2, -0.15) is 0 Å². The Bertz CT molecular complexity index is 418. The van der Waals surface area contributed by atoms with E-state index in [1.54, 1.807) is 0 Å². The van der Waals surface area contributed by atoms with Gasteiger partial charge in [0.25, 0.3) is 0 Å². The summed E-state index contributed by atoms with van der Waals surface area (Å²) in [4.78, 5) is 24.0. The SMILES string of the molecule is CCC(CC)C(=O)OC[C@H]1O[C@H](OC(=O)C(CC)CC)C[C@@H](O)[C@@H]1O. The summed E-state index contributed by atoms with van der Waals surface area (Å²) < 4.78 is 16.1. The van der Waals surface area contributed by atoms with E-state index in [4.69, 9.17) is 14.2 Å². The largest absolute Gasteiger partial charge is 0.463 e. The van der Waals surface area contributed by atoms with Crippen molar-refractivity contribution in [1.29, 1.82) is 0 Å². The maximum atomic E-state index is 12.1. The normalized spacial score (nSPS) is 26.7. The van der Waals surface area contributed by atoms with Gasteiger partial charge in [-0.15, -0.1) is 0 Å². The van der Waals surface area contributed by atoms with Gasteiger partial charge in [0.05, 0.1) is 17.9 Å². The Balaban J connectivity index is 2.61. The lowest BCUT2D eigenvalue weighted by Gasteiger charge is -2.36. The van der Waals surface area contributed by atoms with Gasteiger partial charge in [0.15, 0.2) is 0 Å². The Morgan fingerprint density at radius 3 is 2.04 bits per heavy atom. The molecule has 0 aliphatic carbocycles. The van der Waals surface area contributed by atoms with Gasteiger partial charge in [-0.25, -0.2) is 0 Å². The maximum Gasteiger partial charge on any atom is 0.311 e. The summed E-state index contributed by atoms with van der Waals surface area (Å²) >= 11 is 0. The molecule has 4 atom stereocenters. The Morgan fingerprint density at radius 2 is 1.52 bits per heavy atom. The first kappa shape index (κ1) is 21.9. The lowest BCUT2D eigenvalue weighted by atomic mass is 10.0. The number of rotatable bonds is 9. The zero-order chi connectivity index (χ0) is 19.0. The molecule has 0 saturated carbocycles. The van der Waals surface area contributed by atoms with Crippen LogP contribution < -0.4 is 0 Å². The minimum absolute atomic E-state index is 0.00987. The molecule has 0 amide bonds. The molecule has 1 aliphatic heterocycles. The van der Waals surface area contributed by atoms with Gasteiger partial charge in [0.2, 0.25) is 6.29 Å². The van der Waals surface area contributed by atoms with Crippen LogP contribution in [0, 0.1) is 11.8 Å². The first-order valence-corrected chi connectivity index (χ1v) is 9.26. The number of aliphatic hydroxyl groups excluding tert-OH is 2. The van der Waals surface area contributed by atoms with E-state index < -0.39 is 24.6 Å². The van der Waals surface area contributed by atoms with Gasteiger partial charge in [0.1, 0.15) is 18.8 Å². The van der Waals surface area contributed by atoms with Crippen LogP contribution in [-0.4, -0.2) is 53.4 Å². The molecule has 7 nitrogen and oxygen atoms in total. The predicted octanol–water partition coefficient (Wildman–Crippen LogP) is 1.78. The number of ether oxygens (including phenoxy) is 3. The quantitative estimate of drug-likeness (QED) is 0.604. The Labute approximate surface area is 149 Å². The second-order valence-corrected chi connectivity index (χ2v) is 6.49. The van der Waals surface area contributed by atoms with Gasteiger partial charge in [0, 0.05) is 6.42 Å². The summed E-state index contributed by atoms with van der Waals surface area (Å²) in [6.07, 6.45) is -1.55. The molecular formula is C18H32O7. The molecule has 0 aromatic rings. The second kappa shape index (κ2) is 10.7. The van der Waals surface area contributed by atoms with Crippen LogP contribution in [-0.2, 0) is 23.8 Å². The van der Waals surface area contributed by atoms with Crippen LogP contribution in [0.2, 0.25) is 0 Å². The average Bonchev–Trinajstić information content (AvgIpc) is 2.58. The zero-order valence-electron chi connectivity index (χ0n) is 15.6. The molecule has 0 bridgehead atoms. The number of carbonyl (C=O) groups excluding carboxylic acids is 2. The first-order valence-electron chi connectivity index (χ1n) is 9.26. The topological polar surface area (TPSA) is 102 Å². The molecule has 7 heteroatoms. The van der Waals surface area contributed by atoms with E-state index in [0.717, 1.165) is 0 Å². The van der Waals surface area contributed by atoms with Crippen molar-refractivity contribution in [2.75, 3.05) is 6.61 Å².